The van der Waals surface area contributed by atoms with Gasteiger partial charge in [0, 0.05) is 42.6 Å². The molecule has 0 amide bonds. The number of nitrogens with zero attached hydrogens (tertiary/aromatic N) is 1. The average Bonchev–Trinajstić information content (AvgIpc) is 3.73. The van der Waals surface area contributed by atoms with E-state index in [1.807, 2.05) is 11.3 Å². The molecule has 9 aromatic rings. The van der Waals surface area contributed by atoms with Gasteiger partial charge in [-0.15, -0.1) is 11.3 Å². The summed E-state index contributed by atoms with van der Waals surface area (Å²) in [4.78, 5) is 2.48. The smallest absolute Gasteiger partial charge is 0.0499 e. The van der Waals surface area contributed by atoms with E-state index in [1.165, 1.54) is 92.7 Å². The van der Waals surface area contributed by atoms with E-state index < -0.39 is 0 Å². The third kappa shape index (κ3) is 5.99. The predicted octanol–water partition coefficient (Wildman–Crippen LogP) is 16.1. The summed E-state index contributed by atoms with van der Waals surface area (Å²) in [7, 11) is 0. The molecule has 0 fully saturated rings. The molecule has 1 aliphatic carbocycles. The van der Waals surface area contributed by atoms with Crippen LogP contribution in [0.1, 0.15) is 51.3 Å². The van der Waals surface area contributed by atoms with Gasteiger partial charge in [-0.3, -0.25) is 0 Å². The van der Waals surface area contributed by atoms with Crippen LogP contribution in [-0.2, 0) is 10.8 Å². The van der Waals surface area contributed by atoms with Gasteiger partial charge < -0.3 is 4.90 Å². The zero-order valence-corrected chi connectivity index (χ0v) is 34.0. The number of hydrogen-bond acceptors (Lipinski definition) is 2. The van der Waals surface area contributed by atoms with Gasteiger partial charge in [-0.05, 0) is 115 Å². The third-order valence-corrected chi connectivity index (χ3v) is 13.1. The average molecular weight is 752 g/mol. The summed E-state index contributed by atoms with van der Waals surface area (Å²) >= 11 is 1.89. The van der Waals surface area contributed by atoms with E-state index in [9.17, 15) is 0 Å². The van der Waals surface area contributed by atoms with Crippen LogP contribution in [0.25, 0.3) is 64.7 Å². The summed E-state index contributed by atoms with van der Waals surface area (Å²) in [6.07, 6.45) is 0. The van der Waals surface area contributed by atoms with Crippen molar-refractivity contribution < 1.29 is 0 Å². The molecule has 1 heterocycles. The SMILES string of the molecule is CC(C)(C)c1cc(-c2ccc3c(c2)sc2cccc(-c4ccccc4)c23)ccc1N(c1ccc(-c2ccccc2)cc1)c1ccc2c(c1)C(C)(C)c1ccccc1-2. The number of rotatable bonds is 6. The fraction of sp³-hybridized carbons (Fsp3) is 0.127. The molecule has 0 aliphatic heterocycles. The van der Waals surface area contributed by atoms with Gasteiger partial charge in [0.25, 0.3) is 0 Å². The van der Waals surface area contributed by atoms with E-state index in [0.717, 1.165) is 5.69 Å². The molecule has 0 radical (unpaired) electrons. The largest absolute Gasteiger partial charge is 0.310 e. The highest BCUT2D eigenvalue weighted by Crippen LogP contribution is 2.52. The van der Waals surface area contributed by atoms with Crippen LogP contribution in [0.15, 0.2) is 182 Å². The molecule has 1 aliphatic rings. The van der Waals surface area contributed by atoms with Gasteiger partial charge in [-0.25, -0.2) is 0 Å². The number of fused-ring (bicyclic) bond motifs is 6. The lowest BCUT2D eigenvalue weighted by Crippen LogP contribution is -2.20. The minimum Gasteiger partial charge on any atom is -0.310 e. The minimum absolute atomic E-state index is 0.103. The Morgan fingerprint density at radius 2 is 1.04 bits per heavy atom. The fourth-order valence-electron chi connectivity index (χ4n) is 9.07. The normalized spacial score (nSPS) is 13.1. The Morgan fingerprint density at radius 3 is 1.79 bits per heavy atom. The molecule has 0 bridgehead atoms. The predicted molar refractivity (Wildman–Crippen MR) is 247 cm³/mol. The lowest BCUT2D eigenvalue weighted by molar-refractivity contribution is 0.591. The minimum atomic E-state index is -0.133. The van der Waals surface area contributed by atoms with E-state index in [0.29, 0.717) is 0 Å². The van der Waals surface area contributed by atoms with E-state index in [-0.39, 0.29) is 10.8 Å². The van der Waals surface area contributed by atoms with Crippen molar-refractivity contribution in [2.75, 3.05) is 4.90 Å². The highest BCUT2D eigenvalue weighted by molar-refractivity contribution is 7.26. The highest BCUT2D eigenvalue weighted by Gasteiger charge is 2.36. The Balaban J connectivity index is 1.12. The van der Waals surface area contributed by atoms with Gasteiger partial charge in [0.15, 0.2) is 0 Å². The molecule has 0 spiro atoms. The fourth-order valence-corrected chi connectivity index (χ4v) is 10.2. The molecule has 0 saturated carbocycles. The van der Waals surface area contributed by atoms with Crippen LogP contribution >= 0.6 is 11.3 Å². The molecule has 57 heavy (non-hydrogen) atoms. The maximum absolute atomic E-state index is 2.48. The third-order valence-electron chi connectivity index (χ3n) is 12.0. The Bertz CT molecular complexity index is 2940. The van der Waals surface area contributed by atoms with Crippen molar-refractivity contribution in [1.82, 2.24) is 0 Å². The molecule has 2 heteroatoms. The molecular formula is C55H45NS. The molecule has 0 saturated heterocycles. The van der Waals surface area contributed by atoms with Crippen molar-refractivity contribution in [3.05, 3.63) is 199 Å². The van der Waals surface area contributed by atoms with Crippen molar-refractivity contribution in [3.63, 3.8) is 0 Å². The van der Waals surface area contributed by atoms with E-state index in [2.05, 4.69) is 222 Å². The van der Waals surface area contributed by atoms with Crippen molar-refractivity contribution in [2.45, 2.75) is 45.4 Å². The zero-order valence-electron chi connectivity index (χ0n) is 33.2. The second-order valence-electron chi connectivity index (χ2n) is 17.0. The first-order valence-electron chi connectivity index (χ1n) is 20.0. The Labute approximate surface area is 340 Å². The standard InChI is InChI=1S/C55H45NS/c1-54(2,3)49-33-39(40-25-30-46-52(34-40)57-51-22-14-20-43(53(46)51)38-17-10-7-11-18-38)26-32-50(49)56(41-27-23-37(24-28-41)36-15-8-6-9-16-36)42-29-31-45-44-19-12-13-21-47(44)55(4,5)48(45)35-42/h6-35H,1-5H3. The van der Waals surface area contributed by atoms with Crippen molar-refractivity contribution >= 4 is 48.6 Å². The number of benzene rings is 8. The molecule has 8 aromatic carbocycles. The van der Waals surface area contributed by atoms with Crippen molar-refractivity contribution in [1.29, 1.82) is 0 Å². The molecule has 276 valence electrons. The van der Waals surface area contributed by atoms with Crippen molar-refractivity contribution in [3.8, 4) is 44.5 Å². The van der Waals surface area contributed by atoms with Gasteiger partial charge in [-0.1, -0.05) is 168 Å². The van der Waals surface area contributed by atoms with Crippen molar-refractivity contribution in [2.24, 2.45) is 0 Å². The summed E-state index contributed by atoms with van der Waals surface area (Å²) in [6.45, 7) is 11.8. The maximum atomic E-state index is 2.48. The highest BCUT2D eigenvalue weighted by atomic mass is 32.1. The van der Waals surface area contributed by atoms with Crippen LogP contribution in [0, 0.1) is 0 Å². The lowest BCUT2D eigenvalue weighted by Gasteiger charge is -2.33. The van der Waals surface area contributed by atoms with Crippen LogP contribution in [0.5, 0.6) is 0 Å². The summed E-state index contributed by atoms with van der Waals surface area (Å²) in [6, 6.07) is 67.4. The van der Waals surface area contributed by atoms with Gasteiger partial charge >= 0.3 is 0 Å². The second kappa shape index (κ2) is 13.5. The monoisotopic (exact) mass is 751 g/mol. The quantitative estimate of drug-likeness (QED) is 0.164. The first kappa shape index (κ1) is 35.2. The van der Waals surface area contributed by atoms with Crippen LogP contribution in [0.3, 0.4) is 0 Å². The lowest BCUT2D eigenvalue weighted by atomic mass is 9.82. The van der Waals surface area contributed by atoms with E-state index in [4.69, 9.17) is 0 Å². The van der Waals surface area contributed by atoms with Crippen LogP contribution in [0.2, 0.25) is 0 Å². The summed E-state index contributed by atoms with van der Waals surface area (Å²) in [5.74, 6) is 0. The molecular weight excluding hydrogens is 707 g/mol. The maximum Gasteiger partial charge on any atom is 0.0499 e. The first-order chi connectivity index (χ1) is 27.6. The summed E-state index contributed by atoms with van der Waals surface area (Å²) in [5.41, 5.74) is 17.5. The Hall–Kier alpha value is -6.22. The van der Waals surface area contributed by atoms with Gasteiger partial charge in [0.1, 0.15) is 0 Å². The molecule has 0 unspecified atom stereocenters. The van der Waals surface area contributed by atoms with Crippen LogP contribution in [-0.4, -0.2) is 0 Å². The molecule has 1 nitrogen and oxygen atoms in total. The molecule has 0 N–H and O–H groups in total. The van der Waals surface area contributed by atoms with E-state index in [1.54, 1.807) is 0 Å². The van der Waals surface area contributed by atoms with Crippen LogP contribution < -0.4 is 4.90 Å². The Morgan fingerprint density at radius 1 is 0.439 bits per heavy atom. The van der Waals surface area contributed by atoms with Crippen LogP contribution in [0.4, 0.5) is 17.1 Å². The Kier molecular flexibility index (Phi) is 8.32. The van der Waals surface area contributed by atoms with Gasteiger partial charge in [-0.2, -0.15) is 0 Å². The number of anilines is 3. The first-order valence-corrected chi connectivity index (χ1v) is 20.8. The number of hydrogen-bond donors (Lipinski definition) is 0. The molecule has 1 aromatic heterocycles. The molecule has 10 rings (SSSR count). The van der Waals surface area contributed by atoms with Gasteiger partial charge in [0.05, 0.1) is 0 Å². The number of thiophene rings is 1. The summed E-state index contributed by atoms with van der Waals surface area (Å²) in [5, 5.41) is 2.66. The second-order valence-corrected chi connectivity index (χ2v) is 18.1. The topological polar surface area (TPSA) is 3.24 Å². The summed E-state index contributed by atoms with van der Waals surface area (Å²) < 4.78 is 2.64. The molecule has 0 atom stereocenters. The van der Waals surface area contributed by atoms with E-state index >= 15 is 0 Å². The zero-order chi connectivity index (χ0) is 38.9. The van der Waals surface area contributed by atoms with Gasteiger partial charge in [0.2, 0.25) is 0 Å².